The van der Waals surface area contributed by atoms with E-state index >= 15 is 0 Å². The fourth-order valence-corrected chi connectivity index (χ4v) is 3.95. The standard InChI is InChI=1S/C27H43NO4/c1-4-7-10-12-13-14-18-28-24-21-22(29)16-17-23(24)25(31-19-9-6-3)26(27(28)30)32-20-15-11-8-5-2/h16-17,21,29H,4-15,18-20H2,1-3H3. The van der Waals surface area contributed by atoms with Crippen LogP contribution in [0.3, 0.4) is 0 Å². The molecule has 0 aliphatic carbocycles. The fourth-order valence-electron chi connectivity index (χ4n) is 3.95. The van der Waals surface area contributed by atoms with Gasteiger partial charge in [-0.25, -0.2) is 0 Å². The van der Waals surface area contributed by atoms with E-state index in [1.807, 2.05) is 6.07 Å². The van der Waals surface area contributed by atoms with Crippen molar-refractivity contribution in [3.8, 4) is 17.2 Å². The van der Waals surface area contributed by atoms with Gasteiger partial charge in [-0.05, 0) is 31.4 Å². The minimum atomic E-state index is -0.154. The number of aromatic nitrogens is 1. The molecule has 5 heteroatoms. The second-order valence-corrected chi connectivity index (χ2v) is 8.70. The largest absolute Gasteiger partial charge is 0.508 e. The second-order valence-electron chi connectivity index (χ2n) is 8.70. The quantitative estimate of drug-likeness (QED) is 0.261. The summed E-state index contributed by atoms with van der Waals surface area (Å²) in [7, 11) is 0. The van der Waals surface area contributed by atoms with Crippen LogP contribution in [0.5, 0.6) is 17.2 Å². The van der Waals surface area contributed by atoms with Crippen molar-refractivity contribution in [2.75, 3.05) is 13.2 Å². The molecule has 2 aromatic rings. The zero-order chi connectivity index (χ0) is 23.2. The van der Waals surface area contributed by atoms with Crippen LogP contribution in [0.4, 0.5) is 0 Å². The molecule has 0 aliphatic heterocycles. The van der Waals surface area contributed by atoms with Crippen LogP contribution >= 0.6 is 0 Å². The van der Waals surface area contributed by atoms with Gasteiger partial charge in [-0.1, -0.05) is 78.6 Å². The first-order valence-corrected chi connectivity index (χ1v) is 12.8. The lowest BCUT2D eigenvalue weighted by Gasteiger charge is -2.19. The molecule has 2 rings (SSSR count). The Kier molecular flexibility index (Phi) is 12.1. The zero-order valence-electron chi connectivity index (χ0n) is 20.5. The Bertz CT molecular complexity index is 859. The summed E-state index contributed by atoms with van der Waals surface area (Å²) in [4.78, 5) is 13.5. The Morgan fingerprint density at radius 1 is 0.750 bits per heavy atom. The van der Waals surface area contributed by atoms with Crippen molar-refractivity contribution in [1.82, 2.24) is 4.57 Å². The second kappa shape index (κ2) is 14.8. The van der Waals surface area contributed by atoms with E-state index in [4.69, 9.17) is 9.47 Å². The normalized spacial score (nSPS) is 11.2. The SMILES string of the molecule is CCCCCCCCn1c(=O)c(OCCCCCC)c(OCCCC)c2ccc(O)cc21. The van der Waals surface area contributed by atoms with Gasteiger partial charge in [-0.3, -0.25) is 4.79 Å². The molecular weight excluding hydrogens is 402 g/mol. The minimum absolute atomic E-state index is 0.154. The predicted octanol–water partition coefficient (Wildman–Crippen LogP) is 7.21. The maximum absolute atomic E-state index is 13.5. The summed E-state index contributed by atoms with van der Waals surface area (Å²) in [5, 5.41) is 11.0. The van der Waals surface area contributed by atoms with Crippen molar-refractivity contribution in [3.05, 3.63) is 28.6 Å². The Hall–Kier alpha value is -2.17. The van der Waals surface area contributed by atoms with Gasteiger partial charge in [0, 0.05) is 18.0 Å². The number of hydrogen-bond acceptors (Lipinski definition) is 4. The smallest absolute Gasteiger partial charge is 0.297 e. The third kappa shape index (κ3) is 7.75. The van der Waals surface area contributed by atoms with Crippen LogP contribution in [0.1, 0.15) is 97.8 Å². The lowest BCUT2D eigenvalue weighted by atomic mass is 10.1. The van der Waals surface area contributed by atoms with Crippen LogP contribution in [0.15, 0.2) is 23.0 Å². The molecule has 1 aromatic carbocycles. The van der Waals surface area contributed by atoms with Crippen LogP contribution in [-0.4, -0.2) is 22.9 Å². The first-order chi connectivity index (χ1) is 15.6. The van der Waals surface area contributed by atoms with E-state index in [1.165, 1.54) is 32.1 Å². The fraction of sp³-hybridized carbons (Fsp3) is 0.667. The summed E-state index contributed by atoms with van der Waals surface area (Å²) >= 11 is 0. The molecule has 0 unspecified atom stereocenters. The number of hydrogen-bond donors (Lipinski definition) is 1. The van der Waals surface area contributed by atoms with Gasteiger partial charge >= 0.3 is 0 Å². The summed E-state index contributed by atoms with van der Waals surface area (Å²) in [6, 6.07) is 5.16. The zero-order valence-corrected chi connectivity index (χ0v) is 20.5. The van der Waals surface area contributed by atoms with Gasteiger partial charge in [0.25, 0.3) is 5.56 Å². The molecule has 1 aromatic heterocycles. The van der Waals surface area contributed by atoms with Crippen LogP contribution in [0.25, 0.3) is 10.9 Å². The molecule has 32 heavy (non-hydrogen) atoms. The molecule has 180 valence electrons. The molecule has 0 saturated carbocycles. The summed E-state index contributed by atoms with van der Waals surface area (Å²) in [6.45, 7) is 8.18. The third-order valence-corrected chi connectivity index (χ3v) is 5.89. The molecule has 1 heterocycles. The van der Waals surface area contributed by atoms with E-state index in [0.29, 0.717) is 36.8 Å². The van der Waals surface area contributed by atoms with Crippen LogP contribution in [-0.2, 0) is 6.54 Å². The van der Waals surface area contributed by atoms with Crippen molar-refractivity contribution in [2.45, 2.75) is 104 Å². The van der Waals surface area contributed by atoms with Gasteiger partial charge in [0.1, 0.15) is 5.75 Å². The predicted molar refractivity (Wildman–Crippen MR) is 133 cm³/mol. The highest BCUT2D eigenvalue weighted by molar-refractivity contribution is 5.89. The highest BCUT2D eigenvalue weighted by Gasteiger charge is 2.20. The number of aromatic hydroxyl groups is 1. The first-order valence-electron chi connectivity index (χ1n) is 12.8. The van der Waals surface area contributed by atoms with Crippen molar-refractivity contribution in [1.29, 1.82) is 0 Å². The molecule has 1 N–H and O–H groups in total. The summed E-state index contributed by atoms with van der Waals surface area (Å²) in [5.74, 6) is 0.997. The number of rotatable bonds is 17. The third-order valence-electron chi connectivity index (χ3n) is 5.89. The number of aryl methyl sites for hydroxylation is 1. The number of pyridine rings is 1. The number of unbranched alkanes of at least 4 members (excludes halogenated alkanes) is 9. The van der Waals surface area contributed by atoms with Crippen LogP contribution in [0.2, 0.25) is 0 Å². The molecule has 0 radical (unpaired) electrons. The number of phenolic OH excluding ortho intramolecular Hbond substituents is 1. The number of ether oxygens (including phenoxy) is 2. The van der Waals surface area contributed by atoms with E-state index in [0.717, 1.165) is 50.3 Å². The molecule has 0 amide bonds. The van der Waals surface area contributed by atoms with Gasteiger partial charge in [0.15, 0.2) is 5.75 Å². The summed E-state index contributed by atoms with van der Waals surface area (Å²) < 4.78 is 13.9. The Labute approximate surface area is 193 Å². The first kappa shape index (κ1) is 26.1. The molecule has 5 nitrogen and oxygen atoms in total. The van der Waals surface area contributed by atoms with Crippen molar-refractivity contribution < 1.29 is 14.6 Å². The lowest BCUT2D eigenvalue weighted by molar-refractivity contribution is 0.258. The summed E-state index contributed by atoms with van der Waals surface area (Å²) in [5.41, 5.74) is 0.562. The Morgan fingerprint density at radius 2 is 1.34 bits per heavy atom. The van der Waals surface area contributed by atoms with E-state index in [2.05, 4.69) is 20.8 Å². The van der Waals surface area contributed by atoms with Crippen molar-refractivity contribution >= 4 is 10.9 Å². The number of nitrogens with zero attached hydrogens (tertiary/aromatic N) is 1. The van der Waals surface area contributed by atoms with Gasteiger partial charge in [0.2, 0.25) is 5.75 Å². The Balaban J connectivity index is 2.34. The average molecular weight is 446 g/mol. The van der Waals surface area contributed by atoms with E-state index in [9.17, 15) is 9.90 Å². The average Bonchev–Trinajstić information content (AvgIpc) is 2.79. The monoisotopic (exact) mass is 445 g/mol. The molecule has 0 saturated heterocycles. The number of benzene rings is 1. The van der Waals surface area contributed by atoms with Crippen molar-refractivity contribution in [3.63, 3.8) is 0 Å². The highest BCUT2D eigenvalue weighted by atomic mass is 16.5. The van der Waals surface area contributed by atoms with Crippen LogP contribution < -0.4 is 15.0 Å². The summed E-state index contributed by atoms with van der Waals surface area (Å²) in [6.07, 6.45) is 13.2. The molecule has 0 atom stereocenters. The highest BCUT2D eigenvalue weighted by Crippen LogP contribution is 2.35. The Morgan fingerprint density at radius 3 is 2.06 bits per heavy atom. The van der Waals surface area contributed by atoms with Gasteiger partial charge < -0.3 is 19.1 Å². The van der Waals surface area contributed by atoms with Gasteiger partial charge in [-0.15, -0.1) is 0 Å². The van der Waals surface area contributed by atoms with Crippen molar-refractivity contribution in [2.24, 2.45) is 0 Å². The molecule has 0 spiro atoms. The molecular formula is C27H43NO4. The van der Waals surface area contributed by atoms with E-state index in [-0.39, 0.29) is 11.3 Å². The number of phenols is 1. The maximum Gasteiger partial charge on any atom is 0.297 e. The maximum atomic E-state index is 13.5. The topological polar surface area (TPSA) is 60.7 Å². The molecule has 0 fully saturated rings. The lowest BCUT2D eigenvalue weighted by Crippen LogP contribution is -2.24. The van der Waals surface area contributed by atoms with Gasteiger partial charge in [0.05, 0.1) is 18.7 Å². The molecule has 0 bridgehead atoms. The van der Waals surface area contributed by atoms with Crippen LogP contribution in [0, 0.1) is 0 Å². The number of fused-ring (bicyclic) bond motifs is 1. The molecule has 0 aliphatic rings. The van der Waals surface area contributed by atoms with Gasteiger partial charge in [-0.2, -0.15) is 0 Å². The van der Waals surface area contributed by atoms with E-state index < -0.39 is 0 Å². The minimum Gasteiger partial charge on any atom is -0.508 e. The van der Waals surface area contributed by atoms with E-state index in [1.54, 1.807) is 16.7 Å².